The number of nitrogens with zero attached hydrogens (tertiary/aromatic N) is 4. The van der Waals surface area contributed by atoms with Crippen molar-refractivity contribution in [3.63, 3.8) is 0 Å². The van der Waals surface area contributed by atoms with Gasteiger partial charge in [0.05, 0.1) is 12.2 Å². The van der Waals surface area contributed by atoms with Gasteiger partial charge in [0, 0.05) is 17.6 Å². The topological polar surface area (TPSA) is 63.1 Å². The number of carbonyl (C=O) groups is 1. The molecule has 1 amide bonds. The van der Waals surface area contributed by atoms with Gasteiger partial charge in [-0.1, -0.05) is 36.3 Å². The lowest BCUT2D eigenvalue weighted by Gasteiger charge is -2.24. The van der Waals surface area contributed by atoms with Crippen molar-refractivity contribution in [1.29, 1.82) is 0 Å². The fourth-order valence-electron chi connectivity index (χ4n) is 5.05. The SMILES string of the molecule is O=C(c1cn(C2CCNCC2)nn1)N1CC2(CCCC2)c2ccccc21. The quantitative estimate of drug-likeness (QED) is 0.904. The van der Waals surface area contributed by atoms with Crippen molar-refractivity contribution in [1.82, 2.24) is 20.3 Å². The Balaban J connectivity index is 1.43. The Morgan fingerprint density at radius 1 is 1.15 bits per heavy atom. The highest BCUT2D eigenvalue weighted by Gasteiger charge is 2.46. The molecule has 3 aliphatic rings. The molecule has 1 aromatic heterocycles. The average Bonchev–Trinajstić information content (AvgIpc) is 3.43. The molecular weight excluding hydrogens is 326 g/mol. The molecule has 1 spiro atoms. The summed E-state index contributed by atoms with van der Waals surface area (Å²) < 4.78 is 1.89. The molecule has 2 aliphatic heterocycles. The number of hydrogen-bond acceptors (Lipinski definition) is 4. The highest BCUT2D eigenvalue weighted by atomic mass is 16.2. The molecule has 2 aromatic rings. The first kappa shape index (κ1) is 16.0. The predicted octanol–water partition coefficient (Wildman–Crippen LogP) is 2.67. The normalized spacial score (nSPS) is 22.1. The van der Waals surface area contributed by atoms with Gasteiger partial charge in [0.2, 0.25) is 0 Å². The predicted molar refractivity (Wildman–Crippen MR) is 99.4 cm³/mol. The molecule has 0 unspecified atom stereocenters. The van der Waals surface area contributed by atoms with Gasteiger partial charge in [0.25, 0.3) is 5.91 Å². The van der Waals surface area contributed by atoms with E-state index in [2.05, 4.69) is 33.8 Å². The second kappa shape index (κ2) is 6.20. The summed E-state index contributed by atoms with van der Waals surface area (Å²) in [5.41, 5.74) is 3.03. The summed E-state index contributed by atoms with van der Waals surface area (Å²) in [4.78, 5) is 15.2. The maximum atomic E-state index is 13.2. The summed E-state index contributed by atoms with van der Waals surface area (Å²) in [6.45, 7) is 2.77. The number of piperidine rings is 1. The van der Waals surface area contributed by atoms with Crippen molar-refractivity contribution in [3.05, 3.63) is 41.7 Å². The lowest BCUT2D eigenvalue weighted by molar-refractivity contribution is 0.0980. The first-order valence-corrected chi connectivity index (χ1v) is 9.81. The molecule has 0 bridgehead atoms. The molecule has 0 atom stereocenters. The molecular formula is C20H25N5O. The van der Waals surface area contributed by atoms with Crippen LogP contribution in [0, 0.1) is 0 Å². The van der Waals surface area contributed by atoms with Gasteiger partial charge < -0.3 is 10.2 Å². The third kappa shape index (κ3) is 2.47. The number of para-hydroxylation sites is 1. The Kier molecular flexibility index (Phi) is 3.81. The summed E-state index contributed by atoms with van der Waals surface area (Å²) in [7, 11) is 0. The van der Waals surface area contributed by atoms with Crippen LogP contribution in [-0.2, 0) is 5.41 Å². The Hall–Kier alpha value is -2.21. The van der Waals surface area contributed by atoms with Gasteiger partial charge in [-0.25, -0.2) is 4.68 Å². The van der Waals surface area contributed by atoms with Gasteiger partial charge in [-0.05, 0) is 50.4 Å². The molecule has 0 radical (unpaired) electrons. The maximum absolute atomic E-state index is 13.2. The molecule has 1 aliphatic carbocycles. The standard InChI is InChI=1S/C20H25N5O/c26-19(17-13-25(23-22-17)15-7-11-21-12-8-15)24-14-20(9-3-4-10-20)16-5-1-2-6-18(16)24/h1-2,5-6,13,15,21H,3-4,7-12,14H2. The second-order valence-electron chi connectivity index (χ2n) is 7.96. The van der Waals surface area contributed by atoms with E-state index in [0.29, 0.717) is 11.7 Å². The molecule has 6 nitrogen and oxygen atoms in total. The molecule has 3 heterocycles. The van der Waals surface area contributed by atoms with E-state index in [0.717, 1.165) is 38.2 Å². The minimum absolute atomic E-state index is 0.0126. The van der Waals surface area contributed by atoms with E-state index in [1.165, 1.54) is 31.2 Å². The van der Waals surface area contributed by atoms with E-state index < -0.39 is 0 Å². The molecule has 136 valence electrons. The van der Waals surface area contributed by atoms with Crippen LogP contribution < -0.4 is 10.2 Å². The number of fused-ring (bicyclic) bond motifs is 2. The monoisotopic (exact) mass is 351 g/mol. The smallest absolute Gasteiger partial charge is 0.280 e. The summed E-state index contributed by atoms with van der Waals surface area (Å²) in [5, 5.41) is 11.9. The zero-order valence-electron chi connectivity index (χ0n) is 15.0. The van der Waals surface area contributed by atoms with Crippen molar-refractivity contribution >= 4 is 11.6 Å². The first-order chi connectivity index (χ1) is 12.8. The number of aromatic nitrogens is 3. The molecule has 1 aromatic carbocycles. The molecule has 1 saturated heterocycles. The van der Waals surface area contributed by atoms with Crippen LogP contribution >= 0.6 is 0 Å². The number of nitrogens with one attached hydrogen (secondary N) is 1. The van der Waals surface area contributed by atoms with Crippen LogP contribution in [0.5, 0.6) is 0 Å². The summed E-state index contributed by atoms with van der Waals surface area (Å²) >= 11 is 0. The third-order valence-corrected chi connectivity index (χ3v) is 6.44. The molecule has 1 N–H and O–H groups in total. The van der Waals surface area contributed by atoms with Crippen molar-refractivity contribution in [3.8, 4) is 0 Å². The van der Waals surface area contributed by atoms with Gasteiger partial charge in [0.15, 0.2) is 5.69 Å². The van der Waals surface area contributed by atoms with Crippen LogP contribution in [0.15, 0.2) is 30.5 Å². The number of benzene rings is 1. The van der Waals surface area contributed by atoms with Crippen LogP contribution in [0.3, 0.4) is 0 Å². The van der Waals surface area contributed by atoms with Gasteiger partial charge >= 0.3 is 0 Å². The number of anilines is 1. The molecule has 1 saturated carbocycles. The fourth-order valence-corrected chi connectivity index (χ4v) is 5.05. The van der Waals surface area contributed by atoms with E-state index in [1.807, 2.05) is 21.8 Å². The van der Waals surface area contributed by atoms with Crippen LogP contribution in [0.1, 0.15) is 60.6 Å². The van der Waals surface area contributed by atoms with Crippen molar-refractivity contribution in [2.45, 2.75) is 50.0 Å². The van der Waals surface area contributed by atoms with Crippen molar-refractivity contribution < 1.29 is 4.79 Å². The van der Waals surface area contributed by atoms with Gasteiger partial charge in [0.1, 0.15) is 0 Å². The second-order valence-corrected chi connectivity index (χ2v) is 7.96. The lowest BCUT2D eigenvalue weighted by Crippen LogP contribution is -2.35. The number of carbonyl (C=O) groups excluding carboxylic acids is 1. The Morgan fingerprint density at radius 2 is 1.92 bits per heavy atom. The highest BCUT2D eigenvalue weighted by molar-refractivity contribution is 6.06. The third-order valence-electron chi connectivity index (χ3n) is 6.44. The van der Waals surface area contributed by atoms with Gasteiger partial charge in [-0.15, -0.1) is 5.10 Å². The fraction of sp³-hybridized carbons (Fsp3) is 0.550. The summed E-state index contributed by atoms with van der Waals surface area (Å²) in [6.07, 6.45) is 8.77. The minimum Gasteiger partial charge on any atom is -0.317 e. The Morgan fingerprint density at radius 3 is 2.73 bits per heavy atom. The molecule has 5 rings (SSSR count). The summed E-state index contributed by atoms with van der Waals surface area (Å²) in [5.74, 6) is -0.0126. The lowest BCUT2D eigenvalue weighted by atomic mass is 9.81. The number of rotatable bonds is 2. The Bertz CT molecular complexity index is 817. The first-order valence-electron chi connectivity index (χ1n) is 9.81. The summed E-state index contributed by atoms with van der Waals surface area (Å²) in [6, 6.07) is 8.76. The number of amides is 1. The van der Waals surface area contributed by atoms with E-state index in [1.54, 1.807) is 0 Å². The highest BCUT2D eigenvalue weighted by Crippen LogP contribution is 2.50. The zero-order chi connectivity index (χ0) is 17.6. The van der Waals surface area contributed by atoms with Crippen LogP contribution in [0.4, 0.5) is 5.69 Å². The van der Waals surface area contributed by atoms with Crippen molar-refractivity contribution in [2.24, 2.45) is 0 Å². The molecule has 2 fully saturated rings. The van der Waals surface area contributed by atoms with Crippen LogP contribution in [0.25, 0.3) is 0 Å². The van der Waals surface area contributed by atoms with E-state index >= 15 is 0 Å². The largest absolute Gasteiger partial charge is 0.317 e. The van der Waals surface area contributed by atoms with E-state index in [-0.39, 0.29) is 11.3 Å². The van der Waals surface area contributed by atoms with E-state index in [9.17, 15) is 4.79 Å². The van der Waals surface area contributed by atoms with Gasteiger partial charge in [-0.3, -0.25) is 4.79 Å². The van der Waals surface area contributed by atoms with Gasteiger partial charge in [-0.2, -0.15) is 0 Å². The zero-order valence-corrected chi connectivity index (χ0v) is 15.0. The molecule has 26 heavy (non-hydrogen) atoms. The minimum atomic E-state index is -0.0126. The number of hydrogen-bond donors (Lipinski definition) is 1. The molecule has 6 heteroatoms. The van der Waals surface area contributed by atoms with Crippen molar-refractivity contribution in [2.75, 3.05) is 24.5 Å². The average molecular weight is 351 g/mol. The van der Waals surface area contributed by atoms with Crippen LogP contribution in [0.2, 0.25) is 0 Å². The van der Waals surface area contributed by atoms with E-state index in [4.69, 9.17) is 0 Å². The Labute approximate surface area is 153 Å². The van der Waals surface area contributed by atoms with Crippen LogP contribution in [-0.4, -0.2) is 40.5 Å². The maximum Gasteiger partial charge on any atom is 0.280 e.